The van der Waals surface area contributed by atoms with E-state index in [0.717, 1.165) is 6.42 Å². The molecule has 0 spiro atoms. The van der Waals surface area contributed by atoms with Crippen LogP contribution < -0.4 is 10.6 Å². The van der Waals surface area contributed by atoms with Crippen molar-refractivity contribution >= 4 is 11.7 Å². The van der Waals surface area contributed by atoms with Gasteiger partial charge in [-0.2, -0.15) is 5.26 Å². The molecule has 0 saturated carbocycles. The van der Waals surface area contributed by atoms with E-state index < -0.39 is 0 Å². The fourth-order valence-electron chi connectivity index (χ4n) is 1.28. The topological polar surface area (TPSA) is 64.9 Å². The van der Waals surface area contributed by atoms with Crippen LogP contribution >= 0.6 is 0 Å². The summed E-state index contributed by atoms with van der Waals surface area (Å²) in [7, 11) is 0. The number of benzene rings is 1. The first kappa shape index (κ1) is 12.8. The van der Waals surface area contributed by atoms with Crippen molar-refractivity contribution in [3.05, 3.63) is 42.0 Å². The number of hydrogen-bond acceptors (Lipinski definition) is 2. The van der Waals surface area contributed by atoms with Crippen LogP contribution in [0.5, 0.6) is 0 Å². The van der Waals surface area contributed by atoms with Gasteiger partial charge in [0.1, 0.15) is 0 Å². The molecule has 0 saturated heterocycles. The summed E-state index contributed by atoms with van der Waals surface area (Å²) in [5, 5.41) is 14.1. The van der Waals surface area contributed by atoms with Gasteiger partial charge < -0.3 is 10.6 Å². The van der Waals surface area contributed by atoms with Crippen LogP contribution in [0.4, 0.5) is 10.5 Å². The molecule has 88 valence electrons. The van der Waals surface area contributed by atoms with E-state index in [4.69, 9.17) is 5.26 Å². The molecule has 2 amide bonds. The quantitative estimate of drug-likeness (QED) is 0.615. The van der Waals surface area contributed by atoms with Gasteiger partial charge in [0.15, 0.2) is 0 Å². The van der Waals surface area contributed by atoms with Gasteiger partial charge in [-0.1, -0.05) is 18.2 Å². The highest BCUT2D eigenvalue weighted by Crippen LogP contribution is 2.09. The monoisotopic (exact) mass is 229 g/mol. The number of rotatable bonds is 4. The lowest BCUT2D eigenvalue weighted by atomic mass is 10.2. The molecule has 0 aliphatic carbocycles. The summed E-state index contributed by atoms with van der Waals surface area (Å²) in [6.45, 7) is 2.53. The molecule has 0 bridgehead atoms. The molecule has 2 N–H and O–H groups in total. The van der Waals surface area contributed by atoms with Crippen molar-refractivity contribution in [3.63, 3.8) is 0 Å². The van der Waals surface area contributed by atoms with Crippen molar-refractivity contribution in [1.82, 2.24) is 5.32 Å². The van der Waals surface area contributed by atoms with E-state index in [1.54, 1.807) is 24.3 Å². The van der Waals surface area contributed by atoms with Crippen molar-refractivity contribution in [3.8, 4) is 6.07 Å². The van der Waals surface area contributed by atoms with Crippen LogP contribution in [0.15, 0.2) is 36.4 Å². The van der Waals surface area contributed by atoms with Crippen LogP contribution in [-0.4, -0.2) is 12.6 Å². The number of nitriles is 1. The molecule has 1 rings (SSSR count). The molecule has 4 heteroatoms. The molecule has 17 heavy (non-hydrogen) atoms. The summed E-state index contributed by atoms with van der Waals surface area (Å²) in [5.41, 5.74) is 1.14. The Morgan fingerprint density at radius 1 is 1.53 bits per heavy atom. The van der Waals surface area contributed by atoms with Gasteiger partial charge in [-0.15, -0.1) is 0 Å². The SMILES string of the molecule is C/C=C/CCNC(=O)Nc1cccc(C#N)c1. The first-order valence-corrected chi connectivity index (χ1v) is 5.42. The van der Waals surface area contributed by atoms with Gasteiger partial charge in [0.25, 0.3) is 0 Å². The number of carbonyl (C=O) groups excluding carboxylic acids is 1. The third-order valence-corrected chi connectivity index (χ3v) is 2.08. The van der Waals surface area contributed by atoms with E-state index in [2.05, 4.69) is 10.6 Å². The second kappa shape index (κ2) is 7.07. The van der Waals surface area contributed by atoms with E-state index >= 15 is 0 Å². The predicted molar refractivity (Wildman–Crippen MR) is 67.6 cm³/mol. The highest BCUT2D eigenvalue weighted by Gasteiger charge is 2.00. The van der Waals surface area contributed by atoms with Crippen molar-refractivity contribution in [2.75, 3.05) is 11.9 Å². The summed E-state index contributed by atoms with van der Waals surface area (Å²) in [4.78, 5) is 11.4. The molecule has 0 fully saturated rings. The third-order valence-electron chi connectivity index (χ3n) is 2.08. The Hall–Kier alpha value is -2.28. The van der Waals surface area contributed by atoms with Crippen molar-refractivity contribution < 1.29 is 4.79 Å². The first-order chi connectivity index (χ1) is 8.26. The molecule has 0 aromatic heterocycles. The summed E-state index contributed by atoms with van der Waals surface area (Å²) in [6.07, 6.45) is 4.73. The fourth-order valence-corrected chi connectivity index (χ4v) is 1.28. The summed E-state index contributed by atoms with van der Waals surface area (Å²) in [6, 6.07) is 8.55. The van der Waals surface area contributed by atoms with Gasteiger partial charge in [-0.25, -0.2) is 4.79 Å². The number of allylic oxidation sites excluding steroid dienone is 1. The number of amides is 2. The molecule has 0 radical (unpaired) electrons. The number of nitrogens with one attached hydrogen (secondary N) is 2. The summed E-state index contributed by atoms with van der Waals surface area (Å²) < 4.78 is 0. The molecular weight excluding hydrogens is 214 g/mol. The van der Waals surface area contributed by atoms with E-state index in [1.807, 2.05) is 25.1 Å². The molecule has 0 aliphatic rings. The minimum absolute atomic E-state index is 0.260. The van der Waals surface area contributed by atoms with E-state index in [0.29, 0.717) is 17.8 Å². The van der Waals surface area contributed by atoms with E-state index in [-0.39, 0.29) is 6.03 Å². The number of carbonyl (C=O) groups is 1. The Labute approximate surface area is 101 Å². The highest BCUT2D eigenvalue weighted by atomic mass is 16.2. The molecule has 0 unspecified atom stereocenters. The van der Waals surface area contributed by atoms with Crippen molar-refractivity contribution in [1.29, 1.82) is 5.26 Å². The predicted octanol–water partition coefficient (Wildman–Crippen LogP) is 2.65. The lowest BCUT2D eigenvalue weighted by Gasteiger charge is -2.06. The maximum absolute atomic E-state index is 11.4. The normalized spacial score (nSPS) is 9.88. The van der Waals surface area contributed by atoms with Crippen LogP contribution in [-0.2, 0) is 0 Å². The highest BCUT2D eigenvalue weighted by molar-refractivity contribution is 5.89. The Kier molecular flexibility index (Phi) is 5.32. The van der Waals surface area contributed by atoms with Crippen molar-refractivity contribution in [2.24, 2.45) is 0 Å². The van der Waals surface area contributed by atoms with Crippen LogP contribution in [0.3, 0.4) is 0 Å². The zero-order valence-corrected chi connectivity index (χ0v) is 9.73. The molecule has 0 atom stereocenters. The first-order valence-electron chi connectivity index (χ1n) is 5.42. The number of hydrogen-bond donors (Lipinski definition) is 2. The van der Waals surface area contributed by atoms with Crippen LogP contribution in [0, 0.1) is 11.3 Å². The lowest BCUT2D eigenvalue weighted by molar-refractivity contribution is 0.252. The average molecular weight is 229 g/mol. The molecule has 0 heterocycles. The number of anilines is 1. The Morgan fingerprint density at radius 2 is 2.35 bits per heavy atom. The van der Waals surface area contributed by atoms with Crippen LogP contribution in [0.25, 0.3) is 0 Å². The zero-order valence-electron chi connectivity index (χ0n) is 9.73. The van der Waals surface area contributed by atoms with Crippen LogP contribution in [0.1, 0.15) is 18.9 Å². The number of urea groups is 1. The van der Waals surface area contributed by atoms with Gasteiger partial charge >= 0.3 is 6.03 Å². The molecular formula is C13H15N3O. The Morgan fingerprint density at radius 3 is 3.06 bits per heavy atom. The second-order valence-electron chi connectivity index (χ2n) is 3.43. The Balaban J connectivity index is 2.42. The fraction of sp³-hybridized carbons (Fsp3) is 0.231. The minimum Gasteiger partial charge on any atom is -0.338 e. The average Bonchev–Trinajstić information content (AvgIpc) is 2.35. The molecule has 1 aromatic rings. The third kappa shape index (κ3) is 4.85. The summed E-state index contributed by atoms with van der Waals surface area (Å²) in [5.74, 6) is 0. The number of nitrogens with zero attached hydrogens (tertiary/aromatic N) is 1. The maximum Gasteiger partial charge on any atom is 0.319 e. The Bertz CT molecular complexity index is 446. The van der Waals surface area contributed by atoms with Crippen molar-refractivity contribution in [2.45, 2.75) is 13.3 Å². The van der Waals surface area contributed by atoms with Gasteiger partial charge in [0.2, 0.25) is 0 Å². The van der Waals surface area contributed by atoms with Gasteiger partial charge in [0, 0.05) is 12.2 Å². The standard InChI is InChI=1S/C13H15N3O/c1-2-3-4-8-15-13(17)16-12-7-5-6-11(9-12)10-14/h2-3,5-7,9H,4,8H2,1H3,(H2,15,16,17)/b3-2+. The second-order valence-corrected chi connectivity index (χ2v) is 3.43. The maximum atomic E-state index is 11.4. The van der Waals surface area contributed by atoms with Gasteiger partial charge in [0.05, 0.1) is 11.6 Å². The zero-order chi connectivity index (χ0) is 12.5. The minimum atomic E-state index is -0.260. The lowest BCUT2D eigenvalue weighted by Crippen LogP contribution is -2.29. The van der Waals surface area contributed by atoms with E-state index in [9.17, 15) is 4.79 Å². The molecule has 0 aliphatic heterocycles. The smallest absolute Gasteiger partial charge is 0.319 e. The molecule has 1 aromatic carbocycles. The van der Waals surface area contributed by atoms with Gasteiger partial charge in [-0.05, 0) is 31.5 Å². The largest absolute Gasteiger partial charge is 0.338 e. The van der Waals surface area contributed by atoms with Crippen LogP contribution in [0.2, 0.25) is 0 Å². The van der Waals surface area contributed by atoms with Gasteiger partial charge in [-0.3, -0.25) is 0 Å². The van der Waals surface area contributed by atoms with E-state index in [1.165, 1.54) is 0 Å². The molecule has 4 nitrogen and oxygen atoms in total. The summed E-state index contributed by atoms with van der Waals surface area (Å²) >= 11 is 0.